The van der Waals surface area contributed by atoms with Crippen LogP contribution in [-0.4, -0.2) is 30.7 Å². The number of nitrogens with zero attached hydrogens (tertiary/aromatic N) is 4. The first-order valence-corrected chi connectivity index (χ1v) is 8.26. The predicted octanol–water partition coefficient (Wildman–Crippen LogP) is 3.84. The van der Waals surface area contributed by atoms with Gasteiger partial charge in [0.25, 0.3) is 0 Å². The van der Waals surface area contributed by atoms with Gasteiger partial charge in [0.2, 0.25) is 0 Å². The third-order valence-electron chi connectivity index (χ3n) is 4.24. The van der Waals surface area contributed by atoms with Crippen LogP contribution in [0.1, 0.15) is 35.8 Å². The van der Waals surface area contributed by atoms with Crippen LogP contribution in [0, 0.1) is 0 Å². The van der Waals surface area contributed by atoms with Crippen molar-refractivity contribution >= 4 is 34.0 Å². The van der Waals surface area contributed by atoms with Crippen LogP contribution in [0.15, 0.2) is 48.8 Å². The summed E-state index contributed by atoms with van der Waals surface area (Å²) < 4.78 is 1.50. The summed E-state index contributed by atoms with van der Waals surface area (Å²) in [6, 6.07) is 11.4. The molecular weight excluding hydrogens is 330 g/mol. The molecule has 0 aliphatic heterocycles. The molecule has 0 radical (unpaired) electrons. The van der Waals surface area contributed by atoms with E-state index in [-0.39, 0.29) is 5.69 Å². The van der Waals surface area contributed by atoms with Gasteiger partial charge in [-0.1, -0.05) is 26.0 Å². The molecule has 7 heteroatoms. The van der Waals surface area contributed by atoms with Gasteiger partial charge in [-0.05, 0) is 29.7 Å². The smallest absolute Gasteiger partial charge is 0.356 e. The predicted molar refractivity (Wildman–Crippen MR) is 99.1 cm³/mol. The topological polar surface area (TPSA) is 92.4 Å². The zero-order valence-electron chi connectivity index (χ0n) is 14.3. The Labute approximate surface area is 149 Å². The molecule has 4 rings (SSSR count). The van der Waals surface area contributed by atoms with E-state index < -0.39 is 5.97 Å². The molecule has 26 heavy (non-hydrogen) atoms. The first-order chi connectivity index (χ1) is 12.5. The van der Waals surface area contributed by atoms with Gasteiger partial charge in [0.1, 0.15) is 5.82 Å². The lowest BCUT2D eigenvalue weighted by Gasteiger charge is -2.12. The Kier molecular flexibility index (Phi) is 3.76. The van der Waals surface area contributed by atoms with Crippen LogP contribution in [0.3, 0.4) is 0 Å². The number of pyridine rings is 1. The number of carbonyl (C=O) groups is 1. The molecular formula is C19H17N5O2. The maximum Gasteiger partial charge on any atom is 0.356 e. The summed E-state index contributed by atoms with van der Waals surface area (Å²) in [5.41, 5.74) is 3.23. The van der Waals surface area contributed by atoms with Crippen LogP contribution >= 0.6 is 0 Å². The van der Waals surface area contributed by atoms with Crippen molar-refractivity contribution in [3.63, 3.8) is 0 Å². The van der Waals surface area contributed by atoms with Crippen molar-refractivity contribution in [3.05, 3.63) is 60.0 Å². The second-order valence-electron chi connectivity index (χ2n) is 6.36. The van der Waals surface area contributed by atoms with Gasteiger partial charge in [0, 0.05) is 23.3 Å². The zero-order valence-corrected chi connectivity index (χ0v) is 14.3. The summed E-state index contributed by atoms with van der Waals surface area (Å²) in [5.74, 6) is -0.0413. The van der Waals surface area contributed by atoms with Crippen LogP contribution in [-0.2, 0) is 0 Å². The maximum absolute atomic E-state index is 11.2. The number of hydrogen-bond donors (Lipinski definition) is 2. The lowest BCUT2D eigenvalue weighted by atomic mass is 10.0. The molecule has 0 fully saturated rings. The number of rotatable bonds is 4. The molecule has 3 heterocycles. The molecule has 4 aromatic rings. The number of carboxylic acids is 1. The number of aromatic nitrogens is 4. The first kappa shape index (κ1) is 16.0. The van der Waals surface area contributed by atoms with Crippen molar-refractivity contribution in [2.45, 2.75) is 19.8 Å². The molecule has 0 saturated carbocycles. The van der Waals surface area contributed by atoms with Crippen LogP contribution < -0.4 is 5.32 Å². The summed E-state index contributed by atoms with van der Waals surface area (Å²) in [7, 11) is 0. The lowest BCUT2D eigenvalue weighted by molar-refractivity contribution is 0.0690. The highest BCUT2D eigenvalue weighted by Gasteiger charge is 2.15. The van der Waals surface area contributed by atoms with Crippen molar-refractivity contribution in [2.24, 2.45) is 0 Å². The van der Waals surface area contributed by atoms with Gasteiger partial charge in [0.15, 0.2) is 11.3 Å². The Bertz CT molecular complexity index is 1130. The minimum atomic E-state index is -1.09. The van der Waals surface area contributed by atoms with E-state index in [9.17, 15) is 9.90 Å². The van der Waals surface area contributed by atoms with Crippen LogP contribution in [0.2, 0.25) is 0 Å². The molecule has 0 amide bonds. The summed E-state index contributed by atoms with van der Waals surface area (Å²) in [5, 5.41) is 17.5. The van der Waals surface area contributed by atoms with E-state index in [0.717, 1.165) is 11.1 Å². The lowest BCUT2D eigenvalue weighted by Crippen LogP contribution is -2.02. The van der Waals surface area contributed by atoms with Gasteiger partial charge in [-0.15, -0.1) is 0 Å². The van der Waals surface area contributed by atoms with Gasteiger partial charge >= 0.3 is 5.97 Å². The third kappa shape index (κ3) is 2.73. The fraction of sp³-hybridized carbons (Fsp3) is 0.158. The fourth-order valence-corrected chi connectivity index (χ4v) is 2.87. The molecule has 0 aliphatic carbocycles. The van der Waals surface area contributed by atoms with Crippen LogP contribution in [0.25, 0.3) is 16.6 Å². The number of anilines is 2. The number of nitrogens with one attached hydrogen (secondary N) is 1. The number of fused-ring (bicyclic) bond motifs is 3. The number of aromatic carboxylic acids is 1. The van der Waals surface area contributed by atoms with E-state index in [0.29, 0.717) is 22.9 Å². The van der Waals surface area contributed by atoms with Crippen molar-refractivity contribution in [3.8, 4) is 0 Å². The highest BCUT2D eigenvalue weighted by molar-refractivity contribution is 5.94. The molecule has 1 aromatic carbocycles. The Balaban J connectivity index is 1.88. The largest absolute Gasteiger partial charge is 0.476 e. The van der Waals surface area contributed by atoms with Crippen molar-refractivity contribution in [1.82, 2.24) is 19.6 Å². The molecule has 7 nitrogen and oxygen atoms in total. The number of carboxylic acid groups (broad SMARTS) is 1. The fourth-order valence-electron chi connectivity index (χ4n) is 2.87. The molecule has 0 bridgehead atoms. The molecule has 0 unspecified atom stereocenters. The Morgan fingerprint density at radius 3 is 2.85 bits per heavy atom. The van der Waals surface area contributed by atoms with Gasteiger partial charge in [0.05, 0.1) is 11.7 Å². The van der Waals surface area contributed by atoms with Crippen LogP contribution in [0.4, 0.5) is 11.5 Å². The zero-order chi connectivity index (χ0) is 18.3. The van der Waals surface area contributed by atoms with E-state index in [1.54, 1.807) is 12.4 Å². The molecule has 0 saturated heterocycles. The quantitative estimate of drug-likeness (QED) is 0.583. The molecule has 0 spiro atoms. The van der Waals surface area contributed by atoms with E-state index >= 15 is 0 Å². The summed E-state index contributed by atoms with van der Waals surface area (Å²) >= 11 is 0. The molecule has 130 valence electrons. The Morgan fingerprint density at radius 2 is 2.08 bits per heavy atom. The highest BCUT2D eigenvalue weighted by atomic mass is 16.4. The second-order valence-corrected chi connectivity index (χ2v) is 6.36. The monoisotopic (exact) mass is 347 g/mol. The highest BCUT2D eigenvalue weighted by Crippen LogP contribution is 2.27. The first-order valence-electron chi connectivity index (χ1n) is 8.26. The van der Waals surface area contributed by atoms with Crippen molar-refractivity contribution < 1.29 is 9.90 Å². The Morgan fingerprint density at radius 1 is 1.23 bits per heavy atom. The van der Waals surface area contributed by atoms with E-state index in [2.05, 4.69) is 46.4 Å². The third-order valence-corrected chi connectivity index (χ3v) is 4.24. The van der Waals surface area contributed by atoms with Gasteiger partial charge in [-0.25, -0.2) is 14.3 Å². The van der Waals surface area contributed by atoms with Gasteiger partial charge in [-0.2, -0.15) is 5.10 Å². The van der Waals surface area contributed by atoms with E-state index in [1.807, 2.05) is 18.2 Å². The minimum Gasteiger partial charge on any atom is -0.476 e. The summed E-state index contributed by atoms with van der Waals surface area (Å²) in [4.78, 5) is 20.0. The van der Waals surface area contributed by atoms with Gasteiger partial charge in [-0.3, -0.25) is 4.98 Å². The molecule has 0 atom stereocenters. The van der Waals surface area contributed by atoms with E-state index in [4.69, 9.17) is 0 Å². The average Bonchev–Trinajstić information content (AvgIpc) is 3.07. The normalized spacial score (nSPS) is 11.3. The standard InChI is InChI=1S/C19H17N5O2/c1-11(2)12-4-3-5-13(8-12)21-18-14-6-7-20-10-16(14)24-17(22-18)9-15(23-24)19(25)26/h3-11H,1-2H3,(H,21,22)(H,25,26). The van der Waals surface area contributed by atoms with Crippen molar-refractivity contribution in [2.75, 3.05) is 5.32 Å². The summed E-state index contributed by atoms with van der Waals surface area (Å²) in [6.45, 7) is 4.29. The SMILES string of the molecule is CC(C)c1cccc(Nc2nc3cc(C(=O)O)nn3c3cnccc23)c1. The van der Waals surface area contributed by atoms with Crippen molar-refractivity contribution in [1.29, 1.82) is 0 Å². The maximum atomic E-state index is 11.2. The number of hydrogen-bond acceptors (Lipinski definition) is 5. The van der Waals surface area contributed by atoms with Crippen LogP contribution in [0.5, 0.6) is 0 Å². The minimum absolute atomic E-state index is 0.0541. The van der Waals surface area contributed by atoms with E-state index in [1.165, 1.54) is 16.1 Å². The summed E-state index contributed by atoms with van der Waals surface area (Å²) in [6.07, 6.45) is 3.32. The Hall–Kier alpha value is -3.48. The molecule has 3 aromatic heterocycles. The molecule has 0 aliphatic rings. The van der Waals surface area contributed by atoms with Gasteiger partial charge < -0.3 is 10.4 Å². The second kappa shape index (κ2) is 6.11. The number of benzene rings is 1. The average molecular weight is 347 g/mol. The molecule has 2 N–H and O–H groups in total.